The zero-order chi connectivity index (χ0) is 14.0. The van der Waals surface area contributed by atoms with Crippen molar-refractivity contribution in [3.63, 3.8) is 0 Å². The van der Waals surface area contributed by atoms with Crippen LogP contribution in [0.5, 0.6) is 5.75 Å². The van der Waals surface area contributed by atoms with Crippen LogP contribution in [0.4, 0.5) is 0 Å². The van der Waals surface area contributed by atoms with Gasteiger partial charge in [0.05, 0.1) is 0 Å². The topological polar surface area (TPSA) is 9.23 Å². The molecule has 1 aliphatic carbocycles. The van der Waals surface area contributed by atoms with Crippen LogP contribution in [0.3, 0.4) is 0 Å². The molecule has 0 amide bonds. The fraction of sp³-hybridized carbons (Fsp3) is 0.647. The van der Waals surface area contributed by atoms with E-state index in [4.69, 9.17) is 4.74 Å². The van der Waals surface area contributed by atoms with Gasteiger partial charge in [-0.1, -0.05) is 61.8 Å². The molecule has 2 unspecified atom stereocenters. The van der Waals surface area contributed by atoms with Crippen LogP contribution in [0.1, 0.15) is 58.4 Å². The van der Waals surface area contributed by atoms with Crippen LogP contribution < -0.4 is 4.74 Å². The smallest absolute Gasteiger partial charge is 0.123 e. The van der Waals surface area contributed by atoms with E-state index in [0.29, 0.717) is 22.3 Å². The number of hydrogen-bond donors (Lipinski definition) is 0. The molecule has 1 aliphatic rings. The SMILES string of the molecule is CCC1(CC)C(Br)CC1Oc1ccccc1C(C)C. The lowest BCUT2D eigenvalue weighted by atomic mass is 9.62. The van der Waals surface area contributed by atoms with Gasteiger partial charge in [0.1, 0.15) is 11.9 Å². The zero-order valence-corrected chi connectivity index (χ0v) is 14.0. The van der Waals surface area contributed by atoms with E-state index in [9.17, 15) is 0 Å². The van der Waals surface area contributed by atoms with Crippen LogP contribution in [0, 0.1) is 5.41 Å². The summed E-state index contributed by atoms with van der Waals surface area (Å²) in [6.45, 7) is 9.01. The fourth-order valence-corrected chi connectivity index (χ4v) is 4.51. The summed E-state index contributed by atoms with van der Waals surface area (Å²) in [4.78, 5) is 0.603. The Kier molecular flexibility index (Phi) is 4.60. The summed E-state index contributed by atoms with van der Waals surface area (Å²) < 4.78 is 6.38. The number of halogens is 1. The molecule has 2 rings (SSSR count). The first-order valence-electron chi connectivity index (χ1n) is 7.44. The first-order chi connectivity index (χ1) is 9.05. The van der Waals surface area contributed by atoms with E-state index < -0.39 is 0 Å². The van der Waals surface area contributed by atoms with E-state index >= 15 is 0 Å². The van der Waals surface area contributed by atoms with Crippen LogP contribution in [0.2, 0.25) is 0 Å². The normalized spacial score (nSPS) is 25.2. The number of alkyl halides is 1. The van der Waals surface area contributed by atoms with Crippen molar-refractivity contribution in [3.8, 4) is 5.75 Å². The molecule has 2 heteroatoms. The van der Waals surface area contributed by atoms with Gasteiger partial charge >= 0.3 is 0 Å². The summed E-state index contributed by atoms with van der Waals surface area (Å²) in [5, 5.41) is 0. The van der Waals surface area contributed by atoms with Gasteiger partial charge in [0.25, 0.3) is 0 Å². The largest absolute Gasteiger partial charge is 0.489 e. The summed E-state index contributed by atoms with van der Waals surface area (Å²) >= 11 is 3.83. The van der Waals surface area contributed by atoms with E-state index in [-0.39, 0.29) is 0 Å². The van der Waals surface area contributed by atoms with Gasteiger partial charge in [-0.3, -0.25) is 0 Å². The molecule has 0 radical (unpaired) electrons. The van der Waals surface area contributed by atoms with Crippen LogP contribution in [0.25, 0.3) is 0 Å². The summed E-state index contributed by atoms with van der Waals surface area (Å²) in [6.07, 6.45) is 3.82. The molecule has 0 spiro atoms. The molecule has 1 fully saturated rings. The molecular formula is C17H25BrO. The van der Waals surface area contributed by atoms with Crippen molar-refractivity contribution in [2.24, 2.45) is 5.41 Å². The molecule has 0 aromatic heterocycles. The predicted octanol–water partition coefficient (Wildman–Crippen LogP) is 5.53. The van der Waals surface area contributed by atoms with Crippen molar-refractivity contribution in [3.05, 3.63) is 29.8 Å². The highest BCUT2D eigenvalue weighted by Gasteiger charge is 2.53. The van der Waals surface area contributed by atoms with E-state index in [1.54, 1.807) is 0 Å². The van der Waals surface area contributed by atoms with Crippen molar-refractivity contribution < 1.29 is 4.74 Å². The van der Waals surface area contributed by atoms with Crippen molar-refractivity contribution in [1.82, 2.24) is 0 Å². The number of ether oxygens (including phenoxy) is 1. The van der Waals surface area contributed by atoms with Gasteiger partial charge < -0.3 is 4.74 Å². The number of benzene rings is 1. The molecule has 0 N–H and O–H groups in total. The molecular weight excluding hydrogens is 300 g/mol. The quantitative estimate of drug-likeness (QED) is 0.647. The molecule has 0 saturated heterocycles. The Bertz CT molecular complexity index is 423. The molecule has 2 atom stereocenters. The molecule has 0 aliphatic heterocycles. The molecule has 0 heterocycles. The molecule has 0 bridgehead atoms. The van der Waals surface area contributed by atoms with Crippen LogP contribution in [0.15, 0.2) is 24.3 Å². The maximum atomic E-state index is 6.38. The molecule has 1 aromatic carbocycles. The fourth-order valence-electron chi connectivity index (χ4n) is 3.23. The highest BCUT2D eigenvalue weighted by molar-refractivity contribution is 9.09. The standard InChI is InChI=1S/C17H25BrO/c1-5-17(6-2)15(18)11-16(17)19-14-10-8-7-9-13(14)12(3)4/h7-10,12,15-16H,5-6,11H2,1-4H3. The summed E-state index contributed by atoms with van der Waals surface area (Å²) in [5.41, 5.74) is 1.63. The third kappa shape index (κ3) is 2.56. The van der Waals surface area contributed by atoms with Crippen molar-refractivity contribution in [1.29, 1.82) is 0 Å². The lowest BCUT2D eigenvalue weighted by molar-refractivity contribution is -0.0416. The van der Waals surface area contributed by atoms with Gasteiger partial charge in [0, 0.05) is 10.2 Å². The number of para-hydroxylation sites is 1. The highest BCUT2D eigenvalue weighted by Crippen LogP contribution is 2.53. The van der Waals surface area contributed by atoms with E-state index in [1.807, 2.05) is 0 Å². The second-order valence-electron chi connectivity index (χ2n) is 5.94. The van der Waals surface area contributed by atoms with E-state index in [0.717, 1.165) is 12.2 Å². The maximum Gasteiger partial charge on any atom is 0.123 e. The first-order valence-corrected chi connectivity index (χ1v) is 8.36. The van der Waals surface area contributed by atoms with Crippen LogP contribution in [-0.2, 0) is 0 Å². The molecule has 1 saturated carbocycles. The van der Waals surface area contributed by atoms with Crippen molar-refractivity contribution in [2.45, 2.75) is 63.8 Å². The monoisotopic (exact) mass is 324 g/mol. The summed E-state index contributed by atoms with van der Waals surface area (Å²) in [5.74, 6) is 1.59. The van der Waals surface area contributed by atoms with Crippen molar-refractivity contribution >= 4 is 15.9 Å². The highest BCUT2D eigenvalue weighted by atomic mass is 79.9. The Labute approximate surface area is 125 Å². The lowest BCUT2D eigenvalue weighted by Gasteiger charge is -2.53. The molecule has 1 nitrogen and oxygen atoms in total. The van der Waals surface area contributed by atoms with Gasteiger partial charge in [-0.05, 0) is 36.8 Å². The number of rotatable bonds is 5. The minimum atomic E-state index is 0.310. The Morgan fingerprint density at radius 1 is 1.26 bits per heavy atom. The lowest BCUT2D eigenvalue weighted by Crippen LogP contribution is -2.56. The second kappa shape index (κ2) is 5.87. The van der Waals surface area contributed by atoms with Gasteiger partial charge in [-0.25, -0.2) is 0 Å². The van der Waals surface area contributed by atoms with E-state index in [2.05, 4.69) is 67.9 Å². The average molecular weight is 325 g/mol. The maximum absolute atomic E-state index is 6.38. The third-order valence-corrected chi connectivity index (χ3v) is 6.10. The Hall–Kier alpha value is -0.500. The van der Waals surface area contributed by atoms with Crippen LogP contribution in [-0.4, -0.2) is 10.9 Å². The van der Waals surface area contributed by atoms with Gasteiger partial charge in [0.2, 0.25) is 0 Å². The first kappa shape index (κ1) is 14.9. The van der Waals surface area contributed by atoms with Crippen LogP contribution >= 0.6 is 15.9 Å². The Balaban J connectivity index is 2.19. The summed E-state index contributed by atoms with van der Waals surface area (Å²) in [6, 6.07) is 8.48. The zero-order valence-electron chi connectivity index (χ0n) is 12.4. The third-order valence-electron chi connectivity index (χ3n) is 4.81. The van der Waals surface area contributed by atoms with E-state index in [1.165, 1.54) is 18.4 Å². The molecule has 19 heavy (non-hydrogen) atoms. The number of hydrogen-bond acceptors (Lipinski definition) is 1. The minimum Gasteiger partial charge on any atom is -0.489 e. The predicted molar refractivity (Wildman–Crippen MR) is 85.3 cm³/mol. The Morgan fingerprint density at radius 3 is 2.42 bits per heavy atom. The van der Waals surface area contributed by atoms with Gasteiger partial charge in [-0.2, -0.15) is 0 Å². The summed E-state index contributed by atoms with van der Waals surface area (Å²) in [7, 11) is 0. The van der Waals surface area contributed by atoms with Crippen molar-refractivity contribution in [2.75, 3.05) is 0 Å². The molecule has 106 valence electrons. The molecule has 1 aromatic rings. The Morgan fingerprint density at radius 2 is 1.89 bits per heavy atom. The second-order valence-corrected chi connectivity index (χ2v) is 7.05. The van der Waals surface area contributed by atoms with Gasteiger partial charge in [-0.15, -0.1) is 0 Å². The average Bonchev–Trinajstić information content (AvgIpc) is 2.40. The minimum absolute atomic E-state index is 0.310. The van der Waals surface area contributed by atoms with Gasteiger partial charge in [0.15, 0.2) is 0 Å².